The van der Waals surface area contributed by atoms with E-state index in [1.807, 2.05) is 6.07 Å². The molecule has 4 nitrogen and oxygen atoms in total. The summed E-state index contributed by atoms with van der Waals surface area (Å²) in [7, 11) is 3.41. The number of hydrogen-bond donors (Lipinski definition) is 2. The molecule has 0 radical (unpaired) electrons. The maximum absolute atomic E-state index is 11.1. The van der Waals surface area contributed by atoms with Gasteiger partial charge in [-0.1, -0.05) is 20.3 Å². The first-order valence-corrected chi connectivity index (χ1v) is 12.8. The number of aliphatic hydroxyl groups excluding tert-OH is 1. The normalized spacial score (nSPS) is 32.1. The molecule has 2 aliphatic carbocycles. The lowest BCUT2D eigenvalue weighted by molar-refractivity contribution is -0.124. The minimum absolute atomic E-state index is 0.0191. The van der Waals surface area contributed by atoms with Gasteiger partial charge in [0.1, 0.15) is 11.5 Å². The van der Waals surface area contributed by atoms with Gasteiger partial charge in [0.25, 0.3) is 0 Å². The minimum Gasteiger partial charge on any atom is -0.497 e. The van der Waals surface area contributed by atoms with E-state index in [-0.39, 0.29) is 16.9 Å². The Balaban J connectivity index is 1.72. The first-order valence-electron chi connectivity index (χ1n) is 11.7. The molecule has 2 aliphatic rings. The van der Waals surface area contributed by atoms with Gasteiger partial charge >= 0.3 is 0 Å². The molecule has 2 saturated carbocycles. The first-order chi connectivity index (χ1) is 15.3. The Kier molecular flexibility index (Phi) is 6.97. The second-order valence-electron chi connectivity index (χ2n) is 10.2. The average molecular weight is 549 g/mol. The molecule has 2 aromatic carbocycles. The van der Waals surface area contributed by atoms with Crippen molar-refractivity contribution in [3.05, 3.63) is 51.6 Å². The summed E-state index contributed by atoms with van der Waals surface area (Å²) in [6.07, 6.45) is 5.97. The highest BCUT2D eigenvalue weighted by molar-refractivity contribution is 14.1. The minimum atomic E-state index is -0.223. The van der Waals surface area contributed by atoms with Crippen molar-refractivity contribution in [2.75, 3.05) is 19.5 Å². The Labute approximate surface area is 206 Å². The Morgan fingerprint density at radius 2 is 1.66 bits per heavy atom. The molecule has 2 aromatic rings. The van der Waals surface area contributed by atoms with Gasteiger partial charge in [-0.15, -0.1) is 0 Å². The van der Waals surface area contributed by atoms with Gasteiger partial charge < -0.3 is 19.9 Å². The van der Waals surface area contributed by atoms with Crippen molar-refractivity contribution >= 4 is 28.3 Å². The van der Waals surface area contributed by atoms with Crippen LogP contribution in [-0.2, 0) is 6.42 Å². The predicted octanol–water partition coefficient (Wildman–Crippen LogP) is 6.30. The lowest BCUT2D eigenvalue weighted by atomic mass is 9.47. The molecule has 0 aliphatic heterocycles. The number of hydrogen-bond acceptors (Lipinski definition) is 4. The van der Waals surface area contributed by atoms with Crippen LogP contribution in [0.2, 0.25) is 0 Å². The predicted molar refractivity (Wildman–Crippen MR) is 139 cm³/mol. The van der Waals surface area contributed by atoms with Crippen LogP contribution in [0.4, 0.5) is 5.69 Å². The number of benzene rings is 2. The summed E-state index contributed by atoms with van der Waals surface area (Å²) in [4.78, 5) is 0. The van der Waals surface area contributed by atoms with E-state index in [4.69, 9.17) is 9.47 Å². The molecule has 0 aromatic heterocycles. The van der Waals surface area contributed by atoms with E-state index in [0.717, 1.165) is 50.0 Å². The van der Waals surface area contributed by atoms with E-state index in [0.29, 0.717) is 12.0 Å². The molecule has 0 heterocycles. The van der Waals surface area contributed by atoms with Crippen LogP contribution >= 0.6 is 22.6 Å². The third kappa shape index (κ3) is 4.47. The molecule has 3 unspecified atom stereocenters. The molecule has 0 saturated heterocycles. The van der Waals surface area contributed by atoms with E-state index in [9.17, 15) is 5.11 Å². The number of halogens is 1. The van der Waals surface area contributed by atoms with Gasteiger partial charge in [-0.2, -0.15) is 0 Å². The number of ether oxygens (including phenoxy) is 2. The SMILES string of the molecule is COc1cc(CC2(C)C(Nc3ccc(I)cc3)CC[C@@]3(C)C2CCC[C@@H]3O)cc(OC)c1. The number of aliphatic hydroxyl groups is 1. The van der Waals surface area contributed by atoms with Crippen molar-refractivity contribution in [3.8, 4) is 11.5 Å². The van der Waals surface area contributed by atoms with Gasteiger partial charge in [0, 0.05) is 21.4 Å². The summed E-state index contributed by atoms with van der Waals surface area (Å²) >= 11 is 2.35. The second kappa shape index (κ2) is 9.41. The Morgan fingerprint density at radius 3 is 2.28 bits per heavy atom. The van der Waals surface area contributed by atoms with Crippen LogP contribution in [0.3, 0.4) is 0 Å². The number of rotatable bonds is 6. The summed E-state index contributed by atoms with van der Waals surface area (Å²) in [5.74, 6) is 2.09. The van der Waals surface area contributed by atoms with E-state index < -0.39 is 0 Å². The van der Waals surface area contributed by atoms with E-state index in [1.54, 1.807) is 14.2 Å². The van der Waals surface area contributed by atoms with Gasteiger partial charge in [-0.05, 0) is 113 Å². The van der Waals surface area contributed by atoms with Gasteiger partial charge in [0.15, 0.2) is 0 Å². The van der Waals surface area contributed by atoms with Crippen molar-refractivity contribution in [1.29, 1.82) is 0 Å². The molecular formula is C27H36INO3. The van der Waals surface area contributed by atoms with Gasteiger partial charge in [-0.3, -0.25) is 0 Å². The molecule has 174 valence electrons. The molecule has 2 N–H and O–H groups in total. The maximum Gasteiger partial charge on any atom is 0.122 e. The quantitative estimate of drug-likeness (QED) is 0.416. The Hall–Kier alpha value is -1.47. The number of methoxy groups -OCH3 is 2. The van der Waals surface area contributed by atoms with Crippen molar-refractivity contribution in [2.45, 2.75) is 64.5 Å². The maximum atomic E-state index is 11.1. The second-order valence-corrected chi connectivity index (χ2v) is 11.4. The summed E-state index contributed by atoms with van der Waals surface area (Å²) in [5, 5.41) is 15.0. The third-order valence-corrected chi connectivity index (χ3v) is 8.99. The van der Waals surface area contributed by atoms with Crippen LogP contribution in [-0.4, -0.2) is 31.5 Å². The van der Waals surface area contributed by atoms with Crippen LogP contribution in [0.5, 0.6) is 11.5 Å². The van der Waals surface area contributed by atoms with Crippen molar-refractivity contribution < 1.29 is 14.6 Å². The molecule has 4 rings (SSSR count). The summed E-state index contributed by atoms with van der Waals surface area (Å²) in [5.41, 5.74) is 2.34. The zero-order valence-corrected chi connectivity index (χ0v) is 21.8. The van der Waals surface area contributed by atoms with Crippen LogP contribution in [0.1, 0.15) is 51.5 Å². The van der Waals surface area contributed by atoms with E-state index >= 15 is 0 Å². The smallest absolute Gasteiger partial charge is 0.122 e. The fourth-order valence-electron chi connectivity index (χ4n) is 6.50. The number of anilines is 1. The van der Waals surface area contributed by atoms with Crippen LogP contribution in [0.25, 0.3) is 0 Å². The number of fused-ring (bicyclic) bond motifs is 1. The molecule has 5 heteroatoms. The zero-order chi connectivity index (χ0) is 22.9. The van der Waals surface area contributed by atoms with Gasteiger partial charge in [-0.25, -0.2) is 0 Å². The molecule has 0 amide bonds. The van der Waals surface area contributed by atoms with Crippen LogP contribution in [0, 0.1) is 20.3 Å². The highest BCUT2D eigenvalue weighted by Crippen LogP contribution is 2.59. The van der Waals surface area contributed by atoms with Crippen molar-refractivity contribution in [3.63, 3.8) is 0 Å². The van der Waals surface area contributed by atoms with E-state index in [2.05, 4.69) is 78.2 Å². The molecular weight excluding hydrogens is 513 g/mol. The van der Waals surface area contributed by atoms with E-state index in [1.165, 1.54) is 14.8 Å². The number of nitrogens with one attached hydrogen (secondary N) is 1. The molecule has 2 fully saturated rings. The third-order valence-electron chi connectivity index (χ3n) is 8.27. The standard InChI is InChI=1S/C27H36INO3/c1-26-13-12-24(29-20-10-8-19(28)9-11-20)27(2,23(26)6-5-7-25(26)30)17-18-14-21(31-3)16-22(15-18)32-4/h8-11,14-16,23-25,29-30H,5-7,12-13,17H2,1-4H3/t23?,24?,25-,26-,27?/m0/s1. The topological polar surface area (TPSA) is 50.7 Å². The average Bonchev–Trinajstić information content (AvgIpc) is 2.78. The van der Waals surface area contributed by atoms with Crippen LogP contribution in [0.15, 0.2) is 42.5 Å². The van der Waals surface area contributed by atoms with Crippen molar-refractivity contribution in [2.24, 2.45) is 16.7 Å². The van der Waals surface area contributed by atoms with Gasteiger partial charge in [0.05, 0.1) is 20.3 Å². The summed E-state index contributed by atoms with van der Waals surface area (Å²) in [6.45, 7) is 4.76. The summed E-state index contributed by atoms with van der Waals surface area (Å²) in [6, 6.07) is 15.2. The van der Waals surface area contributed by atoms with Crippen molar-refractivity contribution in [1.82, 2.24) is 0 Å². The molecule has 32 heavy (non-hydrogen) atoms. The monoisotopic (exact) mass is 549 g/mol. The Bertz CT molecular complexity index is 911. The zero-order valence-electron chi connectivity index (χ0n) is 19.7. The summed E-state index contributed by atoms with van der Waals surface area (Å²) < 4.78 is 12.4. The van der Waals surface area contributed by atoms with Gasteiger partial charge in [0.2, 0.25) is 0 Å². The fourth-order valence-corrected chi connectivity index (χ4v) is 6.86. The molecule has 0 bridgehead atoms. The fraction of sp³-hybridized carbons (Fsp3) is 0.556. The Morgan fingerprint density at radius 1 is 1.00 bits per heavy atom. The highest BCUT2D eigenvalue weighted by Gasteiger charge is 2.57. The molecule has 5 atom stereocenters. The first kappa shape index (κ1) is 23.7. The largest absolute Gasteiger partial charge is 0.497 e. The van der Waals surface area contributed by atoms with Crippen LogP contribution < -0.4 is 14.8 Å². The lowest BCUT2D eigenvalue weighted by Gasteiger charge is -2.60. The highest BCUT2D eigenvalue weighted by atomic mass is 127. The lowest BCUT2D eigenvalue weighted by Crippen LogP contribution is -2.59. The molecule has 0 spiro atoms.